The predicted octanol–water partition coefficient (Wildman–Crippen LogP) is 2.93. The number of carbonyl (C=O) groups is 2. The molecule has 0 N–H and O–H groups in total. The normalized spacial score (nSPS) is 23.7. The molecule has 0 radical (unpaired) electrons. The molecule has 0 amide bonds. The number of hydrogen-bond donors (Lipinski definition) is 0. The van der Waals surface area contributed by atoms with Crippen LogP contribution in [0.3, 0.4) is 0 Å². The summed E-state index contributed by atoms with van der Waals surface area (Å²) in [7, 11) is 0. The Morgan fingerprint density at radius 1 is 1.56 bits per heavy atom. The molecule has 2 unspecified atom stereocenters. The van der Waals surface area contributed by atoms with Crippen molar-refractivity contribution < 1.29 is 14.3 Å². The van der Waals surface area contributed by atoms with Crippen molar-refractivity contribution in [3.63, 3.8) is 0 Å². The number of ether oxygens (including phenoxy) is 1. The molecular formula is C14H16O3S. The highest BCUT2D eigenvalue weighted by molar-refractivity contribution is 7.10. The van der Waals surface area contributed by atoms with E-state index in [0.717, 1.165) is 10.5 Å². The second kappa shape index (κ2) is 5.48. The van der Waals surface area contributed by atoms with E-state index in [1.54, 1.807) is 24.3 Å². The van der Waals surface area contributed by atoms with E-state index in [9.17, 15) is 9.59 Å². The molecule has 0 saturated carbocycles. The molecule has 1 aliphatic rings. The Morgan fingerprint density at radius 3 is 2.94 bits per heavy atom. The van der Waals surface area contributed by atoms with Crippen LogP contribution in [0.15, 0.2) is 29.2 Å². The summed E-state index contributed by atoms with van der Waals surface area (Å²) in [5.41, 5.74) is 0.808. The SMILES string of the molecule is CCOC(=O)C1C(C)=CC(=O)CC1c1cccs1. The molecule has 0 bridgehead atoms. The molecule has 0 saturated heterocycles. The second-order valence-electron chi connectivity index (χ2n) is 4.41. The first-order valence-corrected chi connectivity index (χ1v) is 6.92. The molecule has 0 aliphatic heterocycles. The number of rotatable bonds is 3. The van der Waals surface area contributed by atoms with Crippen LogP contribution in [0.5, 0.6) is 0 Å². The van der Waals surface area contributed by atoms with Crippen LogP contribution in [0.1, 0.15) is 31.1 Å². The topological polar surface area (TPSA) is 43.4 Å². The molecule has 96 valence electrons. The highest BCUT2D eigenvalue weighted by Gasteiger charge is 2.37. The first-order chi connectivity index (χ1) is 8.63. The summed E-state index contributed by atoms with van der Waals surface area (Å²) >= 11 is 1.59. The fourth-order valence-electron chi connectivity index (χ4n) is 2.40. The van der Waals surface area contributed by atoms with Crippen LogP contribution in [0.2, 0.25) is 0 Å². The third-order valence-electron chi connectivity index (χ3n) is 3.15. The molecule has 1 aromatic heterocycles. The summed E-state index contributed by atoms with van der Waals surface area (Å²) in [5.74, 6) is -0.522. The third kappa shape index (κ3) is 2.53. The van der Waals surface area contributed by atoms with Crippen molar-refractivity contribution >= 4 is 23.1 Å². The van der Waals surface area contributed by atoms with Gasteiger partial charge in [-0.25, -0.2) is 0 Å². The van der Waals surface area contributed by atoms with Crippen LogP contribution in [0.25, 0.3) is 0 Å². The zero-order valence-electron chi connectivity index (χ0n) is 10.5. The first kappa shape index (κ1) is 13.0. The molecule has 18 heavy (non-hydrogen) atoms. The van der Waals surface area contributed by atoms with E-state index >= 15 is 0 Å². The summed E-state index contributed by atoms with van der Waals surface area (Å²) in [6, 6.07) is 3.92. The lowest BCUT2D eigenvalue weighted by atomic mass is 9.77. The molecule has 0 fully saturated rings. The average Bonchev–Trinajstić information content (AvgIpc) is 2.81. The Balaban J connectivity index is 2.33. The van der Waals surface area contributed by atoms with Gasteiger partial charge in [0.15, 0.2) is 5.78 Å². The Hall–Kier alpha value is -1.42. The summed E-state index contributed by atoms with van der Waals surface area (Å²) in [6.07, 6.45) is 1.97. The Labute approximate surface area is 110 Å². The number of thiophene rings is 1. The standard InChI is InChI=1S/C14H16O3S/c1-3-17-14(16)13-9(2)7-10(15)8-11(13)12-5-4-6-18-12/h4-7,11,13H,3,8H2,1-2H3. The Kier molecular flexibility index (Phi) is 3.97. The van der Waals surface area contributed by atoms with E-state index in [0.29, 0.717) is 13.0 Å². The maximum atomic E-state index is 12.1. The molecule has 2 rings (SSSR count). The number of carbonyl (C=O) groups excluding carboxylic acids is 2. The fraction of sp³-hybridized carbons (Fsp3) is 0.429. The Morgan fingerprint density at radius 2 is 2.33 bits per heavy atom. The van der Waals surface area contributed by atoms with Gasteiger partial charge >= 0.3 is 5.97 Å². The van der Waals surface area contributed by atoms with E-state index in [-0.39, 0.29) is 23.6 Å². The molecule has 2 atom stereocenters. The van der Waals surface area contributed by atoms with E-state index in [1.165, 1.54) is 0 Å². The average molecular weight is 264 g/mol. The smallest absolute Gasteiger partial charge is 0.313 e. The minimum Gasteiger partial charge on any atom is -0.466 e. The van der Waals surface area contributed by atoms with Gasteiger partial charge in [-0.2, -0.15) is 0 Å². The van der Waals surface area contributed by atoms with Crippen LogP contribution in [-0.2, 0) is 14.3 Å². The van der Waals surface area contributed by atoms with Gasteiger partial charge in [-0.3, -0.25) is 9.59 Å². The minimum atomic E-state index is -0.318. The van der Waals surface area contributed by atoms with Gasteiger partial charge in [0.25, 0.3) is 0 Å². The van der Waals surface area contributed by atoms with Crippen LogP contribution in [0, 0.1) is 5.92 Å². The van der Waals surface area contributed by atoms with Crippen molar-refractivity contribution in [2.75, 3.05) is 6.61 Å². The third-order valence-corrected chi connectivity index (χ3v) is 4.16. The minimum absolute atomic E-state index is 0.0680. The molecule has 3 nitrogen and oxygen atoms in total. The van der Waals surface area contributed by atoms with Crippen LogP contribution < -0.4 is 0 Å². The summed E-state index contributed by atoms with van der Waals surface area (Å²) in [5, 5.41) is 1.97. The molecule has 0 aromatic carbocycles. The molecule has 1 heterocycles. The maximum Gasteiger partial charge on any atom is 0.313 e. The van der Waals surface area contributed by atoms with Gasteiger partial charge in [0, 0.05) is 17.2 Å². The van der Waals surface area contributed by atoms with E-state index in [2.05, 4.69) is 0 Å². The zero-order chi connectivity index (χ0) is 13.1. The molecule has 0 spiro atoms. The highest BCUT2D eigenvalue weighted by Crippen LogP contribution is 2.39. The van der Waals surface area contributed by atoms with Gasteiger partial charge in [-0.1, -0.05) is 11.6 Å². The molecule has 1 aromatic rings. The zero-order valence-corrected chi connectivity index (χ0v) is 11.3. The lowest BCUT2D eigenvalue weighted by Crippen LogP contribution is -2.30. The van der Waals surface area contributed by atoms with Crippen molar-refractivity contribution in [2.24, 2.45) is 5.92 Å². The van der Waals surface area contributed by atoms with Gasteiger partial charge < -0.3 is 4.74 Å². The number of esters is 1. The predicted molar refractivity (Wildman–Crippen MR) is 70.6 cm³/mol. The summed E-state index contributed by atoms with van der Waals surface area (Å²) in [6.45, 7) is 4.00. The summed E-state index contributed by atoms with van der Waals surface area (Å²) < 4.78 is 5.13. The van der Waals surface area contributed by atoms with Gasteiger partial charge in [0.1, 0.15) is 0 Å². The lowest BCUT2D eigenvalue weighted by molar-refractivity contribution is -0.147. The number of hydrogen-bond acceptors (Lipinski definition) is 4. The number of allylic oxidation sites excluding steroid dienone is 1. The van der Waals surface area contributed by atoms with Crippen LogP contribution in [-0.4, -0.2) is 18.4 Å². The maximum absolute atomic E-state index is 12.1. The quantitative estimate of drug-likeness (QED) is 0.788. The lowest BCUT2D eigenvalue weighted by Gasteiger charge is -2.28. The number of ketones is 1. The molecular weight excluding hydrogens is 248 g/mol. The highest BCUT2D eigenvalue weighted by atomic mass is 32.1. The van der Waals surface area contributed by atoms with Gasteiger partial charge in [-0.15, -0.1) is 11.3 Å². The van der Waals surface area contributed by atoms with Gasteiger partial charge in [0.05, 0.1) is 12.5 Å². The van der Waals surface area contributed by atoms with Crippen molar-refractivity contribution in [2.45, 2.75) is 26.2 Å². The fourth-order valence-corrected chi connectivity index (χ4v) is 3.27. The van der Waals surface area contributed by atoms with E-state index < -0.39 is 0 Å². The monoisotopic (exact) mass is 264 g/mol. The second-order valence-corrected chi connectivity index (χ2v) is 5.39. The molecule has 4 heteroatoms. The first-order valence-electron chi connectivity index (χ1n) is 6.04. The van der Waals surface area contributed by atoms with Crippen molar-refractivity contribution in [3.8, 4) is 0 Å². The van der Waals surface area contributed by atoms with Crippen LogP contribution in [0.4, 0.5) is 0 Å². The van der Waals surface area contributed by atoms with Crippen molar-refractivity contribution in [3.05, 3.63) is 34.0 Å². The van der Waals surface area contributed by atoms with Crippen molar-refractivity contribution in [1.29, 1.82) is 0 Å². The Bertz CT molecular complexity index is 473. The van der Waals surface area contributed by atoms with Gasteiger partial charge in [0.2, 0.25) is 0 Å². The van der Waals surface area contributed by atoms with E-state index in [4.69, 9.17) is 4.74 Å². The summed E-state index contributed by atoms with van der Waals surface area (Å²) in [4.78, 5) is 24.8. The van der Waals surface area contributed by atoms with Gasteiger partial charge in [-0.05, 0) is 31.4 Å². The molecule has 1 aliphatic carbocycles. The van der Waals surface area contributed by atoms with Crippen molar-refractivity contribution in [1.82, 2.24) is 0 Å². The van der Waals surface area contributed by atoms with E-state index in [1.807, 2.05) is 24.4 Å². The van der Waals surface area contributed by atoms with Crippen LogP contribution >= 0.6 is 11.3 Å². The largest absolute Gasteiger partial charge is 0.466 e.